The van der Waals surface area contributed by atoms with E-state index in [1.807, 2.05) is 0 Å². The lowest BCUT2D eigenvalue weighted by Crippen LogP contribution is -2.52. The average molecular weight is 349 g/mol. The number of hydrogen-bond donors (Lipinski definition) is 2. The maximum Gasteiger partial charge on any atom is 0.211 e. The summed E-state index contributed by atoms with van der Waals surface area (Å²) in [6, 6.07) is 0.697. The lowest BCUT2D eigenvalue weighted by atomic mass is 10.2. The first-order valence-corrected chi connectivity index (χ1v) is 10.0. The molecule has 3 aliphatic heterocycles. The Labute approximate surface area is 140 Å². The van der Waals surface area contributed by atoms with E-state index in [4.69, 9.17) is 9.47 Å². The largest absolute Gasteiger partial charge is 0.375 e. The van der Waals surface area contributed by atoms with Gasteiger partial charge in [-0.3, -0.25) is 0 Å². The van der Waals surface area contributed by atoms with Crippen molar-refractivity contribution >= 4 is 10.0 Å². The van der Waals surface area contributed by atoms with E-state index in [1.54, 1.807) is 4.31 Å². The van der Waals surface area contributed by atoms with Gasteiger partial charge >= 0.3 is 0 Å². The molecule has 0 aromatic carbocycles. The lowest BCUT2D eigenvalue weighted by Gasteiger charge is -2.34. The highest BCUT2D eigenvalue weighted by Gasteiger charge is 2.40. The number of nitrogens with one attached hydrogen (secondary N) is 2. The monoisotopic (exact) mass is 349 g/mol. The highest BCUT2D eigenvalue weighted by atomic mass is 32.2. The predicted octanol–water partition coefficient (Wildman–Crippen LogP) is -0.218. The van der Waals surface area contributed by atoms with Crippen LogP contribution in [0.5, 0.6) is 0 Å². The fraction of sp³-hybridized carbons (Fsp3) is 1.00. The Bertz CT molecular complexity index is 461. The average Bonchev–Trinajstić information content (AvgIpc) is 3.15. The normalized spacial score (nSPS) is 37.1. The first-order valence-electron chi connectivity index (χ1n) is 8.20. The predicted molar refractivity (Wildman–Crippen MR) is 90.1 cm³/mol. The molecule has 4 atom stereocenters. The highest BCUT2D eigenvalue weighted by molar-refractivity contribution is 7.88. The van der Waals surface area contributed by atoms with Crippen molar-refractivity contribution < 1.29 is 17.9 Å². The molecule has 2 N–H and O–H groups in total. The first-order chi connectivity index (χ1) is 10.6. The molecule has 0 bridgehead atoms. The maximum absolute atomic E-state index is 11.4. The van der Waals surface area contributed by atoms with Gasteiger partial charge in [-0.05, 0) is 19.3 Å². The molecule has 4 aliphatic rings. The van der Waals surface area contributed by atoms with Crippen LogP contribution in [0.15, 0.2) is 0 Å². The van der Waals surface area contributed by atoms with Crippen molar-refractivity contribution in [1.82, 2.24) is 14.9 Å². The smallest absolute Gasteiger partial charge is 0.211 e. The second kappa shape index (κ2) is 8.22. The molecule has 4 rings (SSSR count). The molecule has 7 nitrogen and oxygen atoms in total. The Morgan fingerprint density at radius 1 is 1.09 bits per heavy atom. The summed E-state index contributed by atoms with van der Waals surface area (Å²) in [5.74, 6) is 0. The van der Waals surface area contributed by atoms with Crippen LogP contribution in [0.4, 0.5) is 0 Å². The molecule has 0 aromatic rings. The molecule has 0 radical (unpaired) electrons. The Morgan fingerprint density at radius 2 is 1.87 bits per heavy atom. The number of morpholine rings is 2. The van der Waals surface area contributed by atoms with Gasteiger partial charge in [0, 0.05) is 32.2 Å². The summed E-state index contributed by atoms with van der Waals surface area (Å²) < 4.78 is 35.3. The highest BCUT2D eigenvalue weighted by Crippen LogP contribution is 2.23. The van der Waals surface area contributed by atoms with E-state index < -0.39 is 10.0 Å². The van der Waals surface area contributed by atoms with Crippen LogP contribution in [-0.4, -0.2) is 82.7 Å². The zero-order chi connectivity index (χ0) is 15.6. The summed E-state index contributed by atoms with van der Waals surface area (Å²) >= 11 is 0. The van der Waals surface area contributed by atoms with E-state index in [9.17, 15) is 8.42 Å². The fourth-order valence-electron chi connectivity index (χ4n) is 3.78. The Kier molecular flexibility index (Phi) is 6.82. The van der Waals surface area contributed by atoms with Crippen LogP contribution >= 0.6 is 0 Å². The van der Waals surface area contributed by atoms with E-state index in [0.29, 0.717) is 31.8 Å². The van der Waals surface area contributed by atoms with Crippen LogP contribution in [-0.2, 0) is 19.5 Å². The topological polar surface area (TPSA) is 79.9 Å². The number of fused-ring (bicyclic) bond motifs is 2. The molecule has 136 valence electrons. The van der Waals surface area contributed by atoms with Gasteiger partial charge < -0.3 is 20.1 Å². The SMILES string of the molecule is C.C1CC2NCCOC2C1.CS(=O)(=O)N1CCOC2CNCC21. The van der Waals surface area contributed by atoms with Crippen molar-refractivity contribution in [3.8, 4) is 0 Å². The van der Waals surface area contributed by atoms with E-state index in [1.165, 1.54) is 25.5 Å². The molecular formula is C15H31N3O4S. The lowest BCUT2D eigenvalue weighted by molar-refractivity contribution is -0.0146. The van der Waals surface area contributed by atoms with E-state index in [2.05, 4.69) is 10.6 Å². The summed E-state index contributed by atoms with van der Waals surface area (Å²) in [5.41, 5.74) is 0. The Balaban J connectivity index is 0.000000169. The summed E-state index contributed by atoms with van der Waals surface area (Å²) in [6.45, 7) is 4.44. The molecule has 4 unspecified atom stereocenters. The number of rotatable bonds is 1. The third-order valence-electron chi connectivity index (χ3n) is 4.86. The molecule has 23 heavy (non-hydrogen) atoms. The van der Waals surface area contributed by atoms with E-state index >= 15 is 0 Å². The molecule has 8 heteroatoms. The quantitative estimate of drug-likeness (QED) is 0.681. The standard InChI is InChI=1S/C7H14N2O3S.C7H13NO.CH4/c1-13(10,11)9-2-3-12-7-5-8-4-6(7)9;1-2-6-7(3-1)9-5-4-8-6;/h6-8H,2-5H2,1H3;6-8H,1-5H2;1H4. The molecular weight excluding hydrogens is 318 g/mol. The van der Waals surface area contributed by atoms with Gasteiger partial charge in [0.1, 0.15) is 0 Å². The van der Waals surface area contributed by atoms with Gasteiger partial charge in [0.25, 0.3) is 0 Å². The summed E-state index contributed by atoms with van der Waals surface area (Å²) in [7, 11) is -3.07. The number of hydrogen-bond acceptors (Lipinski definition) is 6. The fourth-order valence-corrected chi connectivity index (χ4v) is 4.89. The third kappa shape index (κ3) is 4.64. The van der Waals surface area contributed by atoms with Gasteiger partial charge in [-0.15, -0.1) is 0 Å². The second-order valence-corrected chi connectivity index (χ2v) is 8.34. The molecule has 4 fully saturated rings. The van der Waals surface area contributed by atoms with Gasteiger partial charge in [0.2, 0.25) is 10.0 Å². The minimum Gasteiger partial charge on any atom is -0.375 e. The molecule has 3 saturated heterocycles. The van der Waals surface area contributed by atoms with Crippen molar-refractivity contribution in [1.29, 1.82) is 0 Å². The summed E-state index contributed by atoms with van der Waals surface area (Å²) in [6.07, 6.45) is 5.81. The van der Waals surface area contributed by atoms with Gasteiger partial charge in [-0.25, -0.2) is 8.42 Å². The zero-order valence-corrected chi connectivity index (χ0v) is 14.0. The Morgan fingerprint density at radius 3 is 2.61 bits per heavy atom. The maximum atomic E-state index is 11.4. The number of ether oxygens (including phenoxy) is 2. The van der Waals surface area contributed by atoms with Crippen LogP contribution in [0.2, 0.25) is 0 Å². The van der Waals surface area contributed by atoms with Gasteiger partial charge in [0.05, 0.1) is 37.7 Å². The van der Waals surface area contributed by atoms with E-state index in [-0.39, 0.29) is 19.6 Å². The molecule has 0 spiro atoms. The molecule has 1 aliphatic carbocycles. The zero-order valence-electron chi connectivity index (χ0n) is 13.2. The first kappa shape index (κ1) is 19.1. The van der Waals surface area contributed by atoms with Crippen molar-refractivity contribution in [2.75, 3.05) is 45.6 Å². The van der Waals surface area contributed by atoms with Crippen LogP contribution in [0.1, 0.15) is 26.7 Å². The number of nitrogens with zero attached hydrogens (tertiary/aromatic N) is 1. The van der Waals surface area contributed by atoms with Crippen molar-refractivity contribution in [2.45, 2.75) is 51.0 Å². The second-order valence-electron chi connectivity index (χ2n) is 6.41. The van der Waals surface area contributed by atoms with E-state index in [0.717, 1.165) is 19.7 Å². The molecule has 0 amide bonds. The van der Waals surface area contributed by atoms with Crippen LogP contribution < -0.4 is 10.6 Å². The third-order valence-corrected chi connectivity index (χ3v) is 6.17. The van der Waals surface area contributed by atoms with Gasteiger partial charge in [0.15, 0.2) is 0 Å². The summed E-state index contributed by atoms with van der Waals surface area (Å²) in [4.78, 5) is 0. The van der Waals surface area contributed by atoms with Crippen LogP contribution in [0, 0.1) is 0 Å². The van der Waals surface area contributed by atoms with Crippen molar-refractivity contribution in [2.24, 2.45) is 0 Å². The van der Waals surface area contributed by atoms with Gasteiger partial charge in [-0.1, -0.05) is 7.43 Å². The van der Waals surface area contributed by atoms with Gasteiger partial charge in [-0.2, -0.15) is 4.31 Å². The van der Waals surface area contributed by atoms with Crippen LogP contribution in [0.25, 0.3) is 0 Å². The van der Waals surface area contributed by atoms with Crippen LogP contribution in [0.3, 0.4) is 0 Å². The molecule has 1 saturated carbocycles. The minimum absolute atomic E-state index is 0. The van der Waals surface area contributed by atoms with Crippen molar-refractivity contribution in [3.05, 3.63) is 0 Å². The minimum atomic E-state index is -3.07. The molecule has 3 heterocycles. The Hall–Kier alpha value is -0.250. The summed E-state index contributed by atoms with van der Waals surface area (Å²) in [5, 5.41) is 6.59. The number of sulfonamides is 1. The van der Waals surface area contributed by atoms with Crippen molar-refractivity contribution in [3.63, 3.8) is 0 Å². The molecule has 0 aromatic heterocycles.